The zero-order valence-corrected chi connectivity index (χ0v) is 16.1. The van der Waals surface area contributed by atoms with Crippen molar-refractivity contribution in [2.24, 2.45) is 5.92 Å². The minimum absolute atomic E-state index is 0.0157. The molecule has 0 spiro atoms. The molecule has 2 aromatic rings. The lowest BCUT2D eigenvalue weighted by Gasteiger charge is -2.28. The van der Waals surface area contributed by atoms with E-state index in [0.717, 1.165) is 11.1 Å². The molecule has 6 nitrogen and oxygen atoms in total. The van der Waals surface area contributed by atoms with Crippen molar-refractivity contribution in [2.45, 2.75) is 26.3 Å². The zero-order valence-electron chi connectivity index (χ0n) is 15.4. The molecule has 0 saturated heterocycles. The fourth-order valence-corrected chi connectivity index (χ4v) is 2.87. The molecule has 0 saturated carbocycles. The van der Waals surface area contributed by atoms with Crippen molar-refractivity contribution in [2.75, 3.05) is 5.43 Å². The molecule has 2 aromatic carbocycles. The first kappa shape index (κ1) is 21.4. The first-order valence-corrected chi connectivity index (χ1v) is 8.95. The van der Waals surface area contributed by atoms with Gasteiger partial charge in [-0.3, -0.25) is 10.2 Å². The van der Waals surface area contributed by atoms with E-state index in [1.165, 1.54) is 36.4 Å². The average Bonchev–Trinajstić information content (AvgIpc) is 2.64. The lowest BCUT2D eigenvalue weighted by atomic mass is 10.0. The van der Waals surface area contributed by atoms with Crippen LogP contribution in [0.25, 0.3) is 0 Å². The number of aldehydes is 1. The second kappa shape index (κ2) is 9.32. The van der Waals surface area contributed by atoms with E-state index in [1.807, 2.05) is 13.8 Å². The first-order chi connectivity index (χ1) is 13.2. The number of carbonyl (C=O) groups excluding carboxylic acids is 2. The van der Waals surface area contributed by atoms with E-state index in [-0.39, 0.29) is 34.2 Å². The molecule has 0 heterocycles. The number of hydrogen-bond donors (Lipinski definition) is 2. The Morgan fingerprint density at radius 1 is 1.21 bits per heavy atom. The molecular weight excluding hydrogens is 387 g/mol. The third-order valence-corrected chi connectivity index (χ3v) is 4.23. The Labute approximate surface area is 166 Å². The Morgan fingerprint density at radius 3 is 2.46 bits per heavy atom. The topological polar surface area (TPSA) is 86.7 Å². The molecule has 0 aromatic heterocycles. The molecule has 1 unspecified atom stereocenters. The molecule has 0 aliphatic heterocycles. The zero-order chi connectivity index (χ0) is 20.8. The molecule has 0 fully saturated rings. The lowest BCUT2D eigenvalue weighted by molar-refractivity contribution is -0.112. The van der Waals surface area contributed by atoms with Crippen LogP contribution in [0.4, 0.5) is 14.9 Å². The molecule has 8 heteroatoms. The summed E-state index contributed by atoms with van der Waals surface area (Å²) in [4.78, 5) is 36.0. The van der Waals surface area contributed by atoms with E-state index in [1.54, 1.807) is 0 Å². The van der Waals surface area contributed by atoms with Gasteiger partial charge in [0.1, 0.15) is 18.1 Å². The van der Waals surface area contributed by atoms with Crippen LogP contribution in [-0.2, 0) is 4.79 Å². The predicted molar refractivity (Wildman–Crippen MR) is 104 cm³/mol. The van der Waals surface area contributed by atoms with E-state index in [2.05, 4.69) is 5.43 Å². The van der Waals surface area contributed by atoms with Crippen LogP contribution in [-0.4, -0.2) is 34.3 Å². The van der Waals surface area contributed by atoms with Crippen molar-refractivity contribution < 1.29 is 23.9 Å². The number of ketones is 1. The fourth-order valence-electron chi connectivity index (χ4n) is 2.70. The van der Waals surface area contributed by atoms with Gasteiger partial charge in [0.15, 0.2) is 5.78 Å². The number of anilines is 1. The summed E-state index contributed by atoms with van der Waals surface area (Å²) in [5.41, 5.74) is 2.50. The SMILES string of the molecule is CC(C)CC(C=O)N(Nc1ccc(Cl)cc1C(=O)c1ccccc1F)C(=O)O. The average molecular weight is 407 g/mol. The van der Waals surface area contributed by atoms with Gasteiger partial charge < -0.3 is 9.90 Å². The number of benzene rings is 2. The highest BCUT2D eigenvalue weighted by atomic mass is 35.5. The number of hydrogen-bond acceptors (Lipinski definition) is 4. The van der Waals surface area contributed by atoms with Gasteiger partial charge in [-0.25, -0.2) is 14.2 Å². The van der Waals surface area contributed by atoms with Gasteiger partial charge in [-0.05, 0) is 42.7 Å². The number of carbonyl (C=O) groups is 3. The van der Waals surface area contributed by atoms with Gasteiger partial charge in [-0.15, -0.1) is 0 Å². The molecule has 148 valence electrons. The Bertz CT molecular complexity index is 888. The summed E-state index contributed by atoms with van der Waals surface area (Å²) in [5, 5.41) is 10.5. The molecule has 0 bridgehead atoms. The maximum Gasteiger partial charge on any atom is 0.426 e. The number of hydrazine groups is 1. The van der Waals surface area contributed by atoms with Gasteiger partial charge in [0.25, 0.3) is 0 Å². The number of nitrogens with one attached hydrogen (secondary N) is 1. The standard InChI is InChI=1S/C20H20ClFN2O4/c1-12(2)9-14(11-25)24(20(27)28)23-18-8-7-13(21)10-16(18)19(26)15-5-3-4-6-17(15)22/h3-8,10-12,14,23H,9H2,1-2H3,(H,27,28). The van der Waals surface area contributed by atoms with Crippen molar-refractivity contribution in [3.63, 3.8) is 0 Å². The Hall–Kier alpha value is -2.93. The van der Waals surface area contributed by atoms with E-state index in [9.17, 15) is 23.9 Å². The summed E-state index contributed by atoms with van der Waals surface area (Å²) in [6, 6.07) is 8.66. The second-order valence-electron chi connectivity index (χ2n) is 6.60. The van der Waals surface area contributed by atoms with Crippen LogP contribution in [0.1, 0.15) is 36.2 Å². The van der Waals surface area contributed by atoms with E-state index in [4.69, 9.17) is 11.6 Å². The summed E-state index contributed by atoms with van der Waals surface area (Å²) < 4.78 is 14.0. The largest absolute Gasteiger partial charge is 0.464 e. The number of halogens is 2. The summed E-state index contributed by atoms with van der Waals surface area (Å²) in [6.45, 7) is 3.71. The maximum atomic E-state index is 14.0. The van der Waals surface area contributed by atoms with Gasteiger partial charge in [-0.2, -0.15) is 0 Å². The molecule has 1 atom stereocenters. The summed E-state index contributed by atoms with van der Waals surface area (Å²) >= 11 is 5.99. The first-order valence-electron chi connectivity index (χ1n) is 8.57. The monoisotopic (exact) mass is 406 g/mol. The van der Waals surface area contributed by atoms with Crippen LogP contribution in [0.2, 0.25) is 5.02 Å². The van der Waals surface area contributed by atoms with Gasteiger partial charge in [-0.1, -0.05) is 37.6 Å². The van der Waals surface area contributed by atoms with Crippen LogP contribution >= 0.6 is 11.6 Å². The maximum absolute atomic E-state index is 14.0. The molecule has 28 heavy (non-hydrogen) atoms. The second-order valence-corrected chi connectivity index (χ2v) is 7.03. The van der Waals surface area contributed by atoms with E-state index < -0.39 is 23.7 Å². The van der Waals surface area contributed by atoms with Crippen molar-refractivity contribution >= 4 is 35.5 Å². The molecule has 0 radical (unpaired) electrons. The van der Waals surface area contributed by atoms with Crippen molar-refractivity contribution in [1.82, 2.24) is 5.01 Å². The minimum Gasteiger partial charge on any atom is -0.464 e. The Kier molecular flexibility index (Phi) is 7.12. The summed E-state index contributed by atoms with van der Waals surface area (Å²) in [6.07, 6.45) is -0.584. The van der Waals surface area contributed by atoms with Crippen LogP contribution in [0.3, 0.4) is 0 Å². The molecular formula is C20H20ClFN2O4. The normalized spacial score (nSPS) is 11.8. The van der Waals surface area contributed by atoms with Gasteiger partial charge in [0, 0.05) is 10.6 Å². The van der Waals surface area contributed by atoms with E-state index in [0.29, 0.717) is 6.29 Å². The van der Waals surface area contributed by atoms with Crippen molar-refractivity contribution in [3.8, 4) is 0 Å². The van der Waals surface area contributed by atoms with Gasteiger partial charge >= 0.3 is 6.09 Å². The van der Waals surface area contributed by atoms with Crippen LogP contribution < -0.4 is 5.43 Å². The highest BCUT2D eigenvalue weighted by Crippen LogP contribution is 2.26. The Morgan fingerprint density at radius 2 is 1.89 bits per heavy atom. The van der Waals surface area contributed by atoms with Crippen molar-refractivity contribution in [1.29, 1.82) is 0 Å². The third kappa shape index (κ3) is 5.07. The molecule has 0 aliphatic carbocycles. The van der Waals surface area contributed by atoms with Crippen LogP contribution in [0, 0.1) is 11.7 Å². The van der Waals surface area contributed by atoms with Crippen LogP contribution in [0.5, 0.6) is 0 Å². The van der Waals surface area contributed by atoms with Gasteiger partial charge in [0.05, 0.1) is 11.3 Å². The molecule has 0 aliphatic rings. The summed E-state index contributed by atoms with van der Waals surface area (Å²) in [7, 11) is 0. The number of nitrogens with zero attached hydrogens (tertiary/aromatic N) is 1. The molecule has 2 rings (SSSR count). The van der Waals surface area contributed by atoms with E-state index >= 15 is 0 Å². The number of rotatable bonds is 8. The number of carboxylic acid groups (broad SMARTS) is 1. The van der Waals surface area contributed by atoms with Crippen molar-refractivity contribution in [3.05, 3.63) is 64.4 Å². The number of amides is 1. The molecule has 2 N–H and O–H groups in total. The summed E-state index contributed by atoms with van der Waals surface area (Å²) in [5.74, 6) is -1.32. The fraction of sp³-hybridized carbons (Fsp3) is 0.250. The highest BCUT2D eigenvalue weighted by molar-refractivity contribution is 6.31. The smallest absolute Gasteiger partial charge is 0.426 e. The quantitative estimate of drug-likeness (QED) is 0.379. The van der Waals surface area contributed by atoms with Gasteiger partial charge in [0.2, 0.25) is 0 Å². The minimum atomic E-state index is -1.39. The highest BCUT2D eigenvalue weighted by Gasteiger charge is 2.26. The van der Waals surface area contributed by atoms with Crippen LogP contribution in [0.15, 0.2) is 42.5 Å². The third-order valence-electron chi connectivity index (χ3n) is 3.99. The lowest BCUT2D eigenvalue weighted by Crippen LogP contribution is -2.45. The predicted octanol–water partition coefficient (Wildman–Crippen LogP) is 4.63. The Balaban J connectivity index is 2.45. The molecule has 1 amide bonds.